The van der Waals surface area contributed by atoms with E-state index in [2.05, 4.69) is 21.2 Å². The molecule has 92 valence electrons. The van der Waals surface area contributed by atoms with Crippen molar-refractivity contribution < 1.29 is 9.90 Å². The van der Waals surface area contributed by atoms with Gasteiger partial charge in [-0.15, -0.1) is 0 Å². The fraction of sp³-hybridized carbons (Fsp3) is 0.364. The summed E-state index contributed by atoms with van der Waals surface area (Å²) in [6.45, 7) is 0. The Labute approximate surface area is 117 Å². The van der Waals surface area contributed by atoms with E-state index in [4.69, 9.17) is 28.3 Å². The minimum Gasteiger partial charge on any atom is -0.481 e. The van der Waals surface area contributed by atoms with Gasteiger partial charge in [0.15, 0.2) is 0 Å². The van der Waals surface area contributed by atoms with Crippen molar-refractivity contribution in [1.29, 1.82) is 0 Å². The monoisotopic (exact) mass is 337 g/mol. The Bertz CT molecular complexity index is 467. The zero-order valence-corrected chi connectivity index (χ0v) is 11.8. The second kappa shape index (κ2) is 5.04. The average Bonchev–Trinajstić information content (AvgIpc) is 2.22. The van der Waals surface area contributed by atoms with Crippen molar-refractivity contribution in [3.8, 4) is 0 Å². The molecule has 0 spiro atoms. The lowest BCUT2D eigenvalue weighted by molar-refractivity contribution is -0.144. The molecule has 2 unspecified atom stereocenters. The molecule has 1 aromatic carbocycles. The maximum Gasteiger partial charge on any atom is 0.308 e. The van der Waals surface area contributed by atoms with Gasteiger partial charge in [0.2, 0.25) is 0 Å². The molecule has 6 heteroatoms. The van der Waals surface area contributed by atoms with Gasteiger partial charge in [-0.3, -0.25) is 4.79 Å². The number of halogens is 3. The molecule has 0 saturated heterocycles. The number of rotatable bonds is 3. The number of anilines is 1. The standard InChI is InChI=1S/C11H10BrCl2NO2/c12-6-2-4-8(10(14)9(6)13)15-7-3-1-5(7)11(16)17/h2,4-5,7,15H,1,3H2,(H,16,17). The Kier molecular flexibility index (Phi) is 3.85. The maximum atomic E-state index is 10.9. The number of carbonyl (C=O) groups is 1. The molecule has 0 amide bonds. The predicted octanol–water partition coefficient (Wildman–Crippen LogP) is 4.03. The van der Waals surface area contributed by atoms with E-state index < -0.39 is 5.97 Å². The third-order valence-electron chi connectivity index (χ3n) is 2.97. The Morgan fingerprint density at radius 2 is 2.06 bits per heavy atom. The van der Waals surface area contributed by atoms with E-state index in [9.17, 15) is 4.79 Å². The van der Waals surface area contributed by atoms with Crippen LogP contribution in [0.4, 0.5) is 5.69 Å². The van der Waals surface area contributed by atoms with Crippen LogP contribution < -0.4 is 5.32 Å². The summed E-state index contributed by atoms with van der Waals surface area (Å²) in [5.74, 6) is -1.11. The molecule has 1 fully saturated rings. The van der Waals surface area contributed by atoms with Gasteiger partial charge in [-0.1, -0.05) is 23.2 Å². The predicted molar refractivity (Wildman–Crippen MR) is 71.9 cm³/mol. The maximum absolute atomic E-state index is 10.9. The Morgan fingerprint density at radius 1 is 1.35 bits per heavy atom. The van der Waals surface area contributed by atoms with Crippen molar-refractivity contribution in [3.05, 3.63) is 26.7 Å². The molecule has 0 heterocycles. The van der Waals surface area contributed by atoms with Gasteiger partial charge in [0.05, 0.1) is 21.7 Å². The lowest BCUT2D eigenvalue weighted by Gasteiger charge is -2.35. The molecule has 2 rings (SSSR count). The van der Waals surface area contributed by atoms with Gasteiger partial charge in [-0.25, -0.2) is 0 Å². The summed E-state index contributed by atoms with van der Waals surface area (Å²) in [7, 11) is 0. The molecule has 1 aliphatic rings. The third-order valence-corrected chi connectivity index (χ3v) is 4.74. The summed E-state index contributed by atoms with van der Waals surface area (Å²) in [6, 6.07) is 3.50. The molecule has 1 saturated carbocycles. The fourth-order valence-electron chi connectivity index (χ4n) is 1.81. The third kappa shape index (κ3) is 2.54. The first-order chi connectivity index (χ1) is 8.00. The lowest BCUT2D eigenvalue weighted by atomic mass is 9.79. The first-order valence-corrected chi connectivity index (χ1v) is 6.68. The number of benzene rings is 1. The van der Waals surface area contributed by atoms with Crippen molar-refractivity contribution in [2.24, 2.45) is 5.92 Å². The highest BCUT2D eigenvalue weighted by atomic mass is 79.9. The van der Waals surface area contributed by atoms with Crippen LogP contribution in [-0.4, -0.2) is 17.1 Å². The van der Waals surface area contributed by atoms with E-state index in [1.54, 1.807) is 12.1 Å². The number of nitrogens with one attached hydrogen (secondary N) is 1. The number of aliphatic carboxylic acids is 1. The largest absolute Gasteiger partial charge is 0.481 e. The molecule has 0 aromatic heterocycles. The van der Waals surface area contributed by atoms with E-state index in [0.717, 1.165) is 10.9 Å². The number of hydrogen-bond donors (Lipinski definition) is 2. The number of hydrogen-bond acceptors (Lipinski definition) is 2. The summed E-state index contributed by atoms with van der Waals surface area (Å²) in [6.07, 6.45) is 1.54. The molecule has 2 N–H and O–H groups in total. The topological polar surface area (TPSA) is 49.3 Å². The normalized spacial score (nSPS) is 23.0. The van der Waals surface area contributed by atoms with Gasteiger partial charge >= 0.3 is 5.97 Å². The van der Waals surface area contributed by atoms with Gasteiger partial charge in [0.25, 0.3) is 0 Å². The number of carboxylic acid groups (broad SMARTS) is 1. The van der Waals surface area contributed by atoms with Crippen molar-refractivity contribution in [2.45, 2.75) is 18.9 Å². The molecular weight excluding hydrogens is 329 g/mol. The summed E-state index contributed by atoms with van der Waals surface area (Å²) in [5, 5.41) is 12.9. The summed E-state index contributed by atoms with van der Waals surface area (Å²) in [4.78, 5) is 10.9. The summed E-state index contributed by atoms with van der Waals surface area (Å²) in [5.41, 5.74) is 0.677. The minimum absolute atomic E-state index is 0.0674. The molecule has 3 nitrogen and oxygen atoms in total. The van der Waals surface area contributed by atoms with Crippen molar-refractivity contribution in [2.75, 3.05) is 5.32 Å². The zero-order chi connectivity index (χ0) is 12.6. The first kappa shape index (κ1) is 13.0. The van der Waals surface area contributed by atoms with Crippen LogP contribution in [0.5, 0.6) is 0 Å². The van der Waals surface area contributed by atoms with E-state index in [1.165, 1.54) is 0 Å². The Hall–Kier alpha value is -0.450. The van der Waals surface area contributed by atoms with Gasteiger partial charge in [-0.05, 0) is 40.9 Å². The molecule has 17 heavy (non-hydrogen) atoms. The second-order valence-corrected chi connectivity index (χ2v) is 5.61. The van der Waals surface area contributed by atoms with Crippen LogP contribution in [0.25, 0.3) is 0 Å². The molecule has 2 atom stereocenters. The van der Waals surface area contributed by atoms with Crippen LogP contribution in [0.2, 0.25) is 10.0 Å². The van der Waals surface area contributed by atoms with Crippen LogP contribution in [0.3, 0.4) is 0 Å². The average molecular weight is 339 g/mol. The van der Waals surface area contributed by atoms with E-state index in [1.807, 2.05) is 0 Å². The van der Waals surface area contributed by atoms with Gasteiger partial charge in [0.1, 0.15) is 0 Å². The molecular formula is C11H10BrCl2NO2. The first-order valence-electron chi connectivity index (χ1n) is 5.13. The second-order valence-electron chi connectivity index (χ2n) is 4.00. The van der Waals surface area contributed by atoms with Crippen LogP contribution in [0, 0.1) is 5.92 Å². The Balaban J connectivity index is 2.15. The highest BCUT2D eigenvalue weighted by molar-refractivity contribution is 9.10. The highest BCUT2D eigenvalue weighted by Gasteiger charge is 2.36. The molecule has 0 radical (unpaired) electrons. The summed E-state index contributed by atoms with van der Waals surface area (Å²) >= 11 is 15.3. The lowest BCUT2D eigenvalue weighted by Crippen LogP contribution is -2.43. The van der Waals surface area contributed by atoms with E-state index in [0.29, 0.717) is 22.2 Å². The van der Waals surface area contributed by atoms with Crippen LogP contribution in [0.15, 0.2) is 16.6 Å². The summed E-state index contributed by atoms with van der Waals surface area (Å²) < 4.78 is 0.720. The van der Waals surface area contributed by atoms with Crippen molar-refractivity contribution in [3.63, 3.8) is 0 Å². The molecule has 0 aliphatic heterocycles. The van der Waals surface area contributed by atoms with Gasteiger partial charge in [-0.2, -0.15) is 0 Å². The quantitative estimate of drug-likeness (QED) is 0.818. The van der Waals surface area contributed by atoms with Gasteiger partial charge < -0.3 is 10.4 Å². The van der Waals surface area contributed by atoms with Crippen LogP contribution >= 0.6 is 39.1 Å². The van der Waals surface area contributed by atoms with E-state index >= 15 is 0 Å². The zero-order valence-electron chi connectivity index (χ0n) is 8.71. The minimum atomic E-state index is -0.770. The molecule has 0 bridgehead atoms. The Morgan fingerprint density at radius 3 is 2.59 bits per heavy atom. The molecule has 1 aliphatic carbocycles. The van der Waals surface area contributed by atoms with Crippen LogP contribution in [-0.2, 0) is 4.79 Å². The fourth-order valence-corrected chi connectivity index (χ4v) is 2.63. The SMILES string of the molecule is O=C(O)C1CCC1Nc1ccc(Br)c(Cl)c1Cl. The van der Waals surface area contributed by atoms with E-state index in [-0.39, 0.29) is 12.0 Å². The smallest absolute Gasteiger partial charge is 0.308 e. The van der Waals surface area contributed by atoms with Crippen molar-refractivity contribution >= 4 is 50.8 Å². The van der Waals surface area contributed by atoms with Crippen molar-refractivity contribution in [1.82, 2.24) is 0 Å². The highest BCUT2D eigenvalue weighted by Crippen LogP contribution is 2.38. The molecule has 1 aromatic rings. The van der Waals surface area contributed by atoms with Crippen LogP contribution in [0.1, 0.15) is 12.8 Å². The number of carboxylic acids is 1. The van der Waals surface area contributed by atoms with Gasteiger partial charge in [0, 0.05) is 10.5 Å².